The first-order valence-corrected chi connectivity index (χ1v) is 10.4. The number of piperidine rings is 1. The second kappa shape index (κ2) is 9.26. The summed E-state index contributed by atoms with van der Waals surface area (Å²) in [6, 6.07) is 11.1. The Morgan fingerprint density at radius 3 is 2.39 bits per heavy atom. The van der Waals surface area contributed by atoms with Crippen LogP contribution in [0.4, 0.5) is 13.2 Å². The van der Waals surface area contributed by atoms with E-state index in [1.165, 1.54) is 50.2 Å². The van der Waals surface area contributed by atoms with Crippen molar-refractivity contribution in [3.05, 3.63) is 58.9 Å². The number of likely N-dealkylation sites (tertiary alicyclic amines) is 1. The van der Waals surface area contributed by atoms with E-state index in [4.69, 9.17) is 9.90 Å². The molecular formula is C23H28F3N3O2. The van der Waals surface area contributed by atoms with Crippen molar-refractivity contribution in [3.63, 3.8) is 0 Å². The highest BCUT2D eigenvalue weighted by molar-refractivity contribution is 5.73. The van der Waals surface area contributed by atoms with Gasteiger partial charge in [0.05, 0.1) is 5.69 Å². The van der Waals surface area contributed by atoms with E-state index in [0.29, 0.717) is 5.41 Å². The third-order valence-electron chi connectivity index (χ3n) is 6.02. The van der Waals surface area contributed by atoms with Crippen molar-refractivity contribution >= 4 is 12.0 Å². The summed E-state index contributed by atoms with van der Waals surface area (Å²) < 4.78 is 33.9. The normalized spacial score (nSPS) is 17.3. The van der Waals surface area contributed by atoms with Gasteiger partial charge < -0.3 is 10.0 Å². The standard InChI is InChI=1S/C21H27N3.C2HF3O2/c1-17-16-18(2)24(22-17)13-5-12-23-14-10-21(11-15-23)9-8-19-6-3-4-7-20(19)21;3-2(4,5)1(6)7/h3-4,6-9,16H,5,10-15H2,1-2H3;(H,6,7). The van der Waals surface area contributed by atoms with E-state index < -0.39 is 12.1 Å². The number of fused-ring (bicyclic) bond motifs is 2. The molecule has 0 radical (unpaired) electrons. The van der Waals surface area contributed by atoms with E-state index in [0.717, 1.165) is 12.2 Å². The van der Waals surface area contributed by atoms with E-state index >= 15 is 0 Å². The van der Waals surface area contributed by atoms with E-state index in [1.807, 2.05) is 0 Å². The van der Waals surface area contributed by atoms with Crippen LogP contribution in [-0.2, 0) is 16.8 Å². The number of benzene rings is 1. The maximum atomic E-state index is 10.6. The lowest BCUT2D eigenvalue weighted by molar-refractivity contribution is -0.192. The number of carboxylic acid groups (broad SMARTS) is 1. The Balaban J connectivity index is 0.000000339. The summed E-state index contributed by atoms with van der Waals surface area (Å²) in [4.78, 5) is 11.5. The minimum atomic E-state index is -5.08. The second-order valence-corrected chi connectivity index (χ2v) is 8.23. The molecule has 168 valence electrons. The molecule has 1 aromatic heterocycles. The number of carboxylic acids is 1. The predicted octanol–water partition coefficient (Wildman–Crippen LogP) is 4.58. The lowest BCUT2D eigenvalue weighted by atomic mass is 9.74. The summed E-state index contributed by atoms with van der Waals surface area (Å²) in [7, 11) is 0. The topological polar surface area (TPSA) is 58.4 Å². The van der Waals surface area contributed by atoms with E-state index in [1.54, 1.807) is 5.56 Å². The van der Waals surface area contributed by atoms with Gasteiger partial charge in [-0.2, -0.15) is 18.3 Å². The smallest absolute Gasteiger partial charge is 0.475 e. The molecule has 1 spiro atoms. The number of aliphatic carboxylic acids is 1. The quantitative estimate of drug-likeness (QED) is 0.764. The maximum Gasteiger partial charge on any atom is 0.490 e. The predicted molar refractivity (Wildman–Crippen MR) is 113 cm³/mol. The Morgan fingerprint density at radius 2 is 1.81 bits per heavy atom. The zero-order chi connectivity index (χ0) is 22.6. The van der Waals surface area contributed by atoms with Gasteiger partial charge in [0.2, 0.25) is 0 Å². The third-order valence-corrected chi connectivity index (χ3v) is 6.02. The Labute approximate surface area is 180 Å². The van der Waals surface area contributed by atoms with Crippen LogP contribution in [0, 0.1) is 13.8 Å². The molecule has 2 aromatic rings. The zero-order valence-electron chi connectivity index (χ0n) is 17.8. The summed E-state index contributed by atoms with van der Waals surface area (Å²) in [6.45, 7) is 8.84. The lowest BCUT2D eigenvalue weighted by Gasteiger charge is -2.39. The van der Waals surface area contributed by atoms with Crippen molar-refractivity contribution < 1.29 is 23.1 Å². The van der Waals surface area contributed by atoms with Gasteiger partial charge in [0.25, 0.3) is 0 Å². The molecule has 1 saturated heterocycles. The van der Waals surface area contributed by atoms with Crippen LogP contribution in [0.1, 0.15) is 41.8 Å². The van der Waals surface area contributed by atoms with Crippen molar-refractivity contribution in [1.82, 2.24) is 14.7 Å². The van der Waals surface area contributed by atoms with Crippen LogP contribution in [-0.4, -0.2) is 51.6 Å². The minimum Gasteiger partial charge on any atom is -0.475 e. The largest absolute Gasteiger partial charge is 0.490 e. The summed E-state index contributed by atoms with van der Waals surface area (Å²) in [5.74, 6) is -2.76. The van der Waals surface area contributed by atoms with Crippen LogP contribution in [0.2, 0.25) is 0 Å². The highest BCUT2D eigenvalue weighted by Crippen LogP contribution is 2.43. The molecule has 1 N–H and O–H groups in total. The molecule has 31 heavy (non-hydrogen) atoms. The van der Waals surface area contributed by atoms with Gasteiger partial charge >= 0.3 is 12.1 Å². The zero-order valence-corrected chi connectivity index (χ0v) is 17.8. The summed E-state index contributed by atoms with van der Waals surface area (Å²) >= 11 is 0. The molecule has 2 aliphatic rings. The lowest BCUT2D eigenvalue weighted by Crippen LogP contribution is -2.41. The van der Waals surface area contributed by atoms with Crippen molar-refractivity contribution in [1.29, 1.82) is 0 Å². The molecule has 5 nitrogen and oxygen atoms in total. The van der Waals surface area contributed by atoms with Crippen LogP contribution in [0.5, 0.6) is 0 Å². The van der Waals surface area contributed by atoms with Gasteiger partial charge in [-0.1, -0.05) is 36.4 Å². The fourth-order valence-corrected chi connectivity index (χ4v) is 4.39. The maximum absolute atomic E-state index is 10.6. The highest BCUT2D eigenvalue weighted by atomic mass is 19.4. The van der Waals surface area contributed by atoms with E-state index in [9.17, 15) is 13.2 Å². The van der Waals surface area contributed by atoms with Crippen molar-refractivity contribution in [3.8, 4) is 0 Å². The first kappa shape index (κ1) is 23.1. The molecule has 1 aromatic carbocycles. The monoisotopic (exact) mass is 435 g/mol. The number of carbonyl (C=O) groups is 1. The highest BCUT2D eigenvalue weighted by Gasteiger charge is 2.38. The van der Waals surface area contributed by atoms with Gasteiger partial charge in [-0.15, -0.1) is 0 Å². The minimum absolute atomic E-state index is 0.308. The van der Waals surface area contributed by atoms with Gasteiger partial charge in [-0.05, 0) is 69.9 Å². The third kappa shape index (κ3) is 5.55. The van der Waals surface area contributed by atoms with Crippen molar-refractivity contribution in [2.24, 2.45) is 0 Å². The van der Waals surface area contributed by atoms with Gasteiger partial charge in [0.15, 0.2) is 0 Å². The van der Waals surface area contributed by atoms with Crippen LogP contribution in [0.3, 0.4) is 0 Å². The van der Waals surface area contributed by atoms with E-state index in [2.05, 4.69) is 71.0 Å². The molecule has 0 saturated carbocycles. The van der Waals surface area contributed by atoms with E-state index in [-0.39, 0.29) is 0 Å². The molecule has 1 fully saturated rings. The molecular weight excluding hydrogens is 407 g/mol. The first-order chi connectivity index (χ1) is 14.6. The Morgan fingerprint density at radius 1 is 1.16 bits per heavy atom. The number of nitrogens with zero attached hydrogens (tertiary/aromatic N) is 3. The van der Waals surface area contributed by atoms with Gasteiger partial charge in [0.1, 0.15) is 0 Å². The van der Waals surface area contributed by atoms with Gasteiger partial charge in [-0.25, -0.2) is 4.79 Å². The summed E-state index contributed by atoms with van der Waals surface area (Å²) in [5.41, 5.74) is 5.68. The molecule has 8 heteroatoms. The van der Waals surface area contributed by atoms with Crippen LogP contribution in [0.15, 0.2) is 36.4 Å². The van der Waals surface area contributed by atoms with Crippen LogP contribution >= 0.6 is 0 Å². The second-order valence-electron chi connectivity index (χ2n) is 8.23. The molecule has 4 rings (SSSR count). The number of allylic oxidation sites excluding steroid dienone is 1. The SMILES string of the molecule is Cc1cc(C)n(CCCN2CCC3(C=Cc4ccccc43)CC2)n1.O=C(O)C(F)(F)F. The summed E-state index contributed by atoms with van der Waals surface area (Å²) in [5, 5.41) is 11.7. The average Bonchev–Trinajstić information content (AvgIpc) is 3.23. The number of hydrogen-bond acceptors (Lipinski definition) is 3. The van der Waals surface area contributed by atoms with Crippen molar-refractivity contribution in [2.45, 2.75) is 51.2 Å². The fraction of sp³-hybridized carbons (Fsp3) is 0.478. The number of hydrogen-bond donors (Lipinski definition) is 1. The Bertz CT molecular complexity index is 942. The Hall–Kier alpha value is -2.61. The van der Waals surface area contributed by atoms with Crippen LogP contribution < -0.4 is 0 Å². The molecule has 0 bridgehead atoms. The molecule has 0 atom stereocenters. The van der Waals surface area contributed by atoms with Crippen LogP contribution in [0.25, 0.3) is 6.08 Å². The number of aryl methyl sites for hydroxylation is 3. The van der Waals surface area contributed by atoms with Gasteiger partial charge in [0, 0.05) is 17.7 Å². The van der Waals surface area contributed by atoms with Crippen molar-refractivity contribution in [2.75, 3.05) is 19.6 Å². The molecule has 0 amide bonds. The number of halogens is 3. The summed E-state index contributed by atoms with van der Waals surface area (Å²) in [6.07, 6.45) is 3.39. The van der Waals surface area contributed by atoms with Gasteiger partial charge in [-0.3, -0.25) is 4.68 Å². The molecule has 2 heterocycles. The number of aromatic nitrogens is 2. The first-order valence-electron chi connectivity index (χ1n) is 10.4. The fourth-order valence-electron chi connectivity index (χ4n) is 4.39. The molecule has 0 unspecified atom stereocenters. The average molecular weight is 435 g/mol. The number of alkyl halides is 3. The number of rotatable bonds is 4. The molecule has 1 aliphatic carbocycles. The Kier molecular flexibility index (Phi) is 6.89. The molecule has 1 aliphatic heterocycles.